The van der Waals surface area contributed by atoms with Crippen LogP contribution in [0.4, 0.5) is 15.8 Å². The number of hydrogen-bond donors (Lipinski definition) is 3. The number of ketones is 1. The number of amides is 1. The summed E-state index contributed by atoms with van der Waals surface area (Å²) in [5, 5.41) is 3.46. The van der Waals surface area contributed by atoms with Gasteiger partial charge in [0.1, 0.15) is 5.82 Å². The van der Waals surface area contributed by atoms with E-state index in [-0.39, 0.29) is 17.5 Å². The molecule has 4 N–H and O–H groups in total. The number of aryl methyl sites for hydroxylation is 1. The molecule has 4 aromatic rings. The maximum absolute atomic E-state index is 13.3. The van der Waals surface area contributed by atoms with Gasteiger partial charge in [-0.2, -0.15) is 0 Å². The van der Waals surface area contributed by atoms with Gasteiger partial charge in [-0.15, -0.1) is 0 Å². The lowest BCUT2D eigenvalue weighted by atomic mass is 10.0. The molecule has 0 saturated heterocycles. The van der Waals surface area contributed by atoms with Crippen LogP contribution in [0, 0.1) is 5.82 Å². The minimum Gasteiger partial charge on any atom is -0.397 e. The maximum Gasteiger partial charge on any atom is 0.255 e. The van der Waals surface area contributed by atoms with Crippen molar-refractivity contribution in [2.24, 2.45) is 0 Å². The molecule has 1 amide bonds. The second-order valence-corrected chi connectivity index (χ2v) is 7.08. The summed E-state index contributed by atoms with van der Waals surface area (Å²) in [7, 11) is 0. The van der Waals surface area contributed by atoms with Gasteiger partial charge in [-0.05, 0) is 60.5 Å². The summed E-state index contributed by atoms with van der Waals surface area (Å²) in [6.45, 7) is 0. The molecule has 30 heavy (non-hydrogen) atoms. The van der Waals surface area contributed by atoms with E-state index in [9.17, 15) is 14.0 Å². The molecule has 5 nitrogen and oxygen atoms in total. The van der Waals surface area contributed by atoms with Gasteiger partial charge in [0.2, 0.25) is 0 Å². The summed E-state index contributed by atoms with van der Waals surface area (Å²) in [5.41, 5.74) is 9.56. The smallest absolute Gasteiger partial charge is 0.255 e. The van der Waals surface area contributed by atoms with Crippen molar-refractivity contribution in [1.29, 1.82) is 0 Å². The number of anilines is 2. The quantitative estimate of drug-likeness (QED) is 0.315. The van der Waals surface area contributed by atoms with Crippen molar-refractivity contribution < 1.29 is 14.0 Å². The fourth-order valence-corrected chi connectivity index (χ4v) is 3.27. The molecular weight excluding hydrogens is 381 g/mol. The highest BCUT2D eigenvalue weighted by Crippen LogP contribution is 2.20. The second-order valence-electron chi connectivity index (χ2n) is 7.08. The van der Waals surface area contributed by atoms with E-state index in [4.69, 9.17) is 5.73 Å². The first-order valence-corrected chi connectivity index (χ1v) is 9.56. The van der Waals surface area contributed by atoms with Gasteiger partial charge in [0.15, 0.2) is 5.78 Å². The van der Waals surface area contributed by atoms with Gasteiger partial charge in [-0.25, -0.2) is 4.39 Å². The van der Waals surface area contributed by atoms with Gasteiger partial charge in [-0.1, -0.05) is 24.3 Å². The number of aromatic amines is 1. The molecule has 4 rings (SSSR count). The summed E-state index contributed by atoms with van der Waals surface area (Å²) in [5.74, 6) is -0.631. The van der Waals surface area contributed by atoms with E-state index >= 15 is 0 Å². The molecule has 0 aliphatic carbocycles. The van der Waals surface area contributed by atoms with E-state index < -0.39 is 0 Å². The highest BCUT2D eigenvalue weighted by Gasteiger charge is 2.12. The van der Waals surface area contributed by atoms with Crippen molar-refractivity contribution in [1.82, 2.24) is 4.98 Å². The highest BCUT2D eigenvalue weighted by atomic mass is 19.1. The number of nitrogen functional groups attached to an aromatic ring is 1. The van der Waals surface area contributed by atoms with Crippen molar-refractivity contribution in [3.63, 3.8) is 0 Å². The number of carbonyl (C=O) groups excluding carboxylic acids is 2. The van der Waals surface area contributed by atoms with Crippen LogP contribution in [0.5, 0.6) is 0 Å². The predicted molar refractivity (Wildman–Crippen MR) is 116 cm³/mol. The molecule has 0 spiro atoms. The number of halogens is 1. The number of nitrogens with two attached hydrogens (primary N) is 1. The van der Waals surface area contributed by atoms with Gasteiger partial charge < -0.3 is 16.0 Å². The zero-order valence-corrected chi connectivity index (χ0v) is 16.1. The molecule has 0 aliphatic rings. The summed E-state index contributed by atoms with van der Waals surface area (Å²) in [6.07, 6.45) is 0.845. The Balaban J connectivity index is 1.37. The summed E-state index contributed by atoms with van der Waals surface area (Å²) >= 11 is 0. The molecule has 1 heterocycles. The lowest BCUT2D eigenvalue weighted by Gasteiger charge is -2.08. The third-order valence-electron chi connectivity index (χ3n) is 4.95. The van der Waals surface area contributed by atoms with Gasteiger partial charge in [0.25, 0.3) is 5.91 Å². The summed E-state index contributed by atoms with van der Waals surface area (Å²) in [4.78, 5) is 27.9. The van der Waals surface area contributed by atoms with Crippen LogP contribution in [0.3, 0.4) is 0 Å². The number of H-pyrrole nitrogens is 1. The van der Waals surface area contributed by atoms with E-state index in [1.54, 1.807) is 48.5 Å². The summed E-state index contributed by atoms with van der Waals surface area (Å²) < 4.78 is 13.3. The van der Waals surface area contributed by atoms with E-state index in [0.717, 1.165) is 11.1 Å². The minimum atomic E-state index is -0.334. The van der Waals surface area contributed by atoms with Crippen LogP contribution in [0.15, 0.2) is 72.8 Å². The monoisotopic (exact) mass is 401 g/mol. The lowest BCUT2D eigenvalue weighted by molar-refractivity contribution is 0.0977. The van der Waals surface area contributed by atoms with Crippen molar-refractivity contribution in [3.8, 4) is 0 Å². The van der Waals surface area contributed by atoms with E-state index in [1.165, 1.54) is 12.1 Å². The Kier molecular flexibility index (Phi) is 5.30. The van der Waals surface area contributed by atoms with Crippen LogP contribution in [0.1, 0.15) is 32.8 Å². The van der Waals surface area contributed by atoms with E-state index in [1.807, 2.05) is 12.1 Å². The van der Waals surface area contributed by atoms with Crippen LogP contribution in [-0.4, -0.2) is 16.7 Å². The van der Waals surface area contributed by atoms with Crippen LogP contribution in [-0.2, 0) is 6.42 Å². The lowest BCUT2D eigenvalue weighted by Crippen LogP contribution is -2.13. The largest absolute Gasteiger partial charge is 0.397 e. The predicted octanol–water partition coefficient (Wildman–Crippen LogP) is 4.96. The third-order valence-corrected chi connectivity index (χ3v) is 4.95. The van der Waals surface area contributed by atoms with Crippen molar-refractivity contribution >= 4 is 34.0 Å². The average Bonchev–Trinajstić information content (AvgIpc) is 3.17. The van der Waals surface area contributed by atoms with Crippen LogP contribution < -0.4 is 11.1 Å². The van der Waals surface area contributed by atoms with Crippen molar-refractivity contribution in [2.75, 3.05) is 11.1 Å². The Labute approximate surface area is 172 Å². The number of fused-ring (bicyclic) bond motifs is 1. The molecule has 0 saturated carbocycles. The van der Waals surface area contributed by atoms with E-state index in [2.05, 4.69) is 10.3 Å². The first-order chi connectivity index (χ1) is 14.5. The topological polar surface area (TPSA) is 88.0 Å². The minimum absolute atomic E-state index is 0.0482. The number of nitrogens with one attached hydrogen (secondary N) is 2. The Bertz CT molecular complexity index is 1230. The molecule has 0 bridgehead atoms. The number of Topliss-reactive ketones (excluding diaryl/α,β-unsaturated/α-hetero) is 1. The highest BCUT2D eigenvalue weighted by molar-refractivity contribution is 6.05. The van der Waals surface area contributed by atoms with Crippen molar-refractivity contribution in [3.05, 3.63) is 95.4 Å². The van der Waals surface area contributed by atoms with Crippen molar-refractivity contribution in [2.45, 2.75) is 12.8 Å². The fraction of sp³-hybridized carbons (Fsp3) is 0.0833. The molecule has 6 heteroatoms. The molecule has 1 aromatic heterocycles. The number of rotatable bonds is 6. The number of para-hydroxylation sites is 2. The first kappa shape index (κ1) is 19.4. The molecule has 150 valence electrons. The van der Waals surface area contributed by atoms with Gasteiger partial charge in [0.05, 0.1) is 17.1 Å². The average molecular weight is 401 g/mol. The molecule has 0 aliphatic heterocycles. The number of aromatic nitrogens is 1. The second kappa shape index (κ2) is 8.21. The third kappa shape index (κ3) is 4.22. The SMILES string of the molecule is Nc1ccccc1NC(=O)c1ccc(CCC(=O)c2cc3cc(F)ccc3[nH]2)cc1. The molecule has 0 atom stereocenters. The Morgan fingerprint density at radius 2 is 1.73 bits per heavy atom. The Morgan fingerprint density at radius 3 is 2.50 bits per heavy atom. The van der Waals surface area contributed by atoms with Crippen LogP contribution in [0.25, 0.3) is 10.9 Å². The van der Waals surface area contributed by atoms with Gasteiger partial charge >= 0.3 is 0 Å². The molecule has 0 fully saturated rings. The zero-order valence-electron chi connectivity index (χ0n) is 16.1. The molecule has 0 unspecified atom stereocenters. The molecule has 3 aromatic carbocycles. The fourth-order valence-electron chi connectivity index (χ4n) is 3.27. The van der Waals surface area contributed by atoms with Gasteiger partial charge in [0, 0.05) is 22.9 Å². The molecular formula is C24H20FN3O2. The molecule has 0 radical (unpaired) electrons. The number of hydrogen-bond acceptors (Lipinski definition) is 3. The first-order valence-electron chi connectivity index (χ1n) is 9.56. The normalized spacial score (nSPS) is 10.8. The maximum atomic E-state index is 13.3. The number of benzene rings is 3. The van der Waals surface area contributed by atoms with Crippen LogP contribution >= 0.6 is 0 Å². The summed E-state index contributed by atoms with van der Waals surface area (Å²) in [6, 6.07) is 20.2. The Hall–Kier alpha value is -3.93. The van der Waals surface area contributed by atoms with Crippen LogP contribution in [0.2, 0.25) is 0 Å². The van der Waals surface area contributed by atoms with E-state index in [0.29, 0.717) is 40.9 Å². The number of carbonyl (C=O) groups is 2. The standard InChI is InChI=1S/C24H20FN3O2/c25-18-10-11-20-17(13-18)14-22(27-20)23(29)12-7-15-5-8-16(9-6-15)24(30)28-21-4-2-1-3-19(21)26/h1-6,8-11,13-14,27H,7,12,26H2,(H,28,30). The Morgan fingerprint density at radius 1 is 0.967 bits per heavy atom. The van der Waals surface area contributed by atoms with Gasteiger partial charge in [-0.3, -0.25) is 9.59 Å². The zero-order chi connectivity index (χ0) is 21.1.